The lowest BCUT2D eigenvalue weighted by Gasteiger charge is -2.20. The molecule has 2 unspecified atom stereocenters. The highest BCUT2D eigenvalue weighted by Gasteiger charge is 2.24. The van der Waals surface area contributed by atoms with E-state index in [2.05, 4.69) is 6.07 Å². The lowest BCUT2D eigenvalue weighted by atomic mass is 9.98. The molecule has 6 heteroatoms. The molecule has 0 saturated carbocycles. The number of rotatable bonds is 5. The molecule has 2 aromatic rings. The number of benzene rings is 2. The predicted molar refractivity (Wildman–Crippen MR) is 82.5 cm³/mol. The summed E-state index contributed by atoms with van der Waals surface area (Å²) in [7, 11) is 0. The lowest BCUT2D eigenvalue weighted by Crippen LogP contribution is -2.17. The fourth-order valence-electron chi connectivity index (χ4n) is 2.07. The van der Waals surface area contributed by atoms with Crippen molar-refractivity contribution in [2.24, 2.45) is 5.92 Å². The van der Waals surface area contributed by atoms with Crippen molar-refractivity contribution in [1.29, 1.82) is 5.26 Å². The van der Waals surface area contributed by atoms with Gasteiger partial charge in [-0.25, -0.2) is 4.79 Å². The third-order valence-corrected chi connectivity index (χ3v) is 3.33. The Bertz CT molecular complexity index is 735. The van der Waals surface area contributed by atoms with Gasteiger partial charge in [-0.15, -0.1) is 0 Å². The lowest BCUT2D eigenvalue weighted by molar-refractivity contribution is -0.384. The van der Waals surface area contributed by atoms with Crippen LogP contribution in [-0.4, -0.2) is 10.9 Å². The molecule has 2 atom stereocenters. The molecule has 23 heavy (non-hydrogen) atoms. The van der Waals surface area contributed by atoms with Gasteiger partial charge < -0.3 is 4.74 Å². The largest absolute Gasteiger partial charge is 0.452 e. The van der Waals surface area contributed by atoms with Crippen molar-refractivity contribution in [1.82, 2.24) is 0 Å². The third-order valence-electron chi connectivity index (χ3n) is 3.33. The van der Waals surface area contributed by atoms with E-state index in [0.717, 1.165) is 5.56 Å². The van der Waals surface area contributed by atoms with Crippen LogP contribution in [0.15, 0.2) is 54.6 Å². The summed E-state index contributed by atoms with van der Waals surface area (Å²) in [4.78, 5) is 22.3. The second-order valence-corrected chi connectivity index (χ2v) is 4.96. The molecule has 0 aromatic heterocycles. The Hall–Kier alpha value is -3.20. The third kappa shape index (κ3) is 3.92. The van der Waals surface area contributed by atoms with E-state index in [1.807, 2.05) is 6.07 Å². The summed E-state index contributed by atoms with van der Waals surface area (Å²) >= 11 is 0. The highest BCUT2D eigenvalue weighted by atomic mass is 16.6. The molecule has 2 rings (SSSR count). The van der Waals surface area contributed by atoms with Gasteiger partial charge in [0.15, 0.2) is 0 Å². The Balaban J connectivity index is 2.21. The number of esters is 1. The van der Waals surface area contributed by atoms with Gasteiger partial charge >= 0.3 is 5.97 Å². The molecule has 0 aliphatic carbocycles. The van der Waals surface area contributed by atoms with E-state index < -0.39 is 22.9 Å². The van der Waals surface area contributed by atoms with E-state index in [4.69, 9.17) is 10.00 Å². The molecular weight excluding hydrogens is 296 g/mol. The minimum Gasteiger partial charge on any atom is -0.452 e. The maximum Gasteiger partial charge on any atom is 0.338 e. The fraction of sp³-hybridized carbons (Fsp3) is 0.176. The summed E-state index contributed by atoms with van der Waals surface area (Å²) in [6.45, 7) is 1.67. The van der Waals surface area contributed by atoms with Crippen LogP contribution in [0.2, 0.25) is 0 Å². The summed E-state index contributed by atoms with van der Waals surface area (Å²) in [6, 6.07) is 16.2. The maximum atomic E-state index is 12.2. The molecule has 116 valence electrons. The number of nitriles is 1. The Morgan fingerprint density at radius 3 is 2.30 bits per heavy atom. The van der Waals surface area contributed by atoms with Gasteiger partial charge in [0.1, 0.15) is 6.10 Å². The molecule has 2 aromatic carbocycles. The number of nitro benzene ring substituents is 1. The van der Waals surface area contributed by atoms with Crippen LogP contribution in [0.5, 0.6) is 0 Å². The summed E-state index contributed by atoms with van der Waals surface area (Å²) in [5, 5.41) is 19.8. The number of nitrogens with zero attached hydrogens (tertiary/aromatic N) is 2. The minimum absolute atomic E-state index is 0.105. The standard InChI is InChI=1S/C17H14N2O4/c1-12(11-18)16(13-5-3-2-4-6-13)23-17(20)14-7-9-15(10-8-14)19(21)22/h2-10,12,16H,1H3. The van der Waals surface area contributed by atoms with Gasteiger partial charge in [-0.2, -0.15) is 5.26 Å². The van der Waals surface area contributed by atoms with Gasteiger partial charge in [-0.05, 0) is 24.6 Å². The number of non-ortho nitro benzene ring substituents is 1. The molecule has 0 spiro atoms. The second kappa shape index (κ2) is 7.18. The first-order valence-electron chi connectivity index (χ1n) is 6.93. The summed E-state index contributed by atoms with van der Waals surface area (Å²) < 4.78 is 5.44. The van der Waals surface area contributed by atoms with Gasteiger partial charge in [-0.1, -0.05) is 30.3 Å². The molecule has 0 saturated heterocycles. The van der Waals surface area contributed by atoms with Crippen molar-refractivity contribution < 1.29 is 14.5 Å². The summed E-state index contributed by atoms with van der Waals surface area (Å²) in [5.74, 6) is -1.16. The molecule has 0 amide bonds. The van der Waals surface area contributed by atoms with Crippen molar-refractivity contribution in [3.63, 3.8) is 0 Å². The average Bonchev–Trinajstić information content (AvgIpc) is 2.59. The first-order valence-corrected chi connectivity index (χ1v) is 6.93. The van der Waals surface area contributed by atoms with Gasteiger partial charge in [0.25, 0.3) is 5.69 Å². The van der Waals surface area contributed by atoms with Gasteiger partial charge in [0.05, 0.1) is 22.5 Å². The maximum absolute atomic E-state index is 12.2. The average molecular weight is 310 g/mol. The fourth-order valence-corrected chi connectivity index (χ4v) is 2.07. The van der Waals surface area contributed by atoms with Crippen molar-refractivity contribution in [3.8, 4) is 6.07 Å². The number of carbonyl (C=O) groups excluding carboxylic acids is 1. The second-order valence-electron chi connectivity index (χ2n) is 4.96. The minimum atomic E-state index is -0.705. The molecular formula is C17H14N2O4. The van der Waals surface area contributed by atoms with E-state index in [1.54, 1.807) is 31.2 Å². The molecule has 0 aliphatic heterocycles. The molecule has 0 aliphatic rings. The van der Waals surface area contributed by atoms with Crippen LogP contribution in [0.25, 0.3) is 0 Å². The number of hydrogen-bond acceptors (Lipinski definition) is 5. The number of ether oxygens (including phenoxy) is 1. The summed E-state index contributed by atoms with van der Waals surface area (Å²) in [5.41, 5.74) is 0.810. The van der Waals surface area contributed by atoms with E-state index >= 15 is 0 Å². The Morgan fingerprint density at radius 2 is 1.78 bits per heavy atom. The quantitative estimate of drug-likeness (QED) is 0.477. The SMILES string of the molecule is CC(C#N)C(OC(=O)c1ccc([N+](=O)[O-])cc1)c1ccccc1. The highest BCUT2D eigenvalue weighted by Crippen LogP contribution is 2.27. The highest BCUT2D eigenvalue weighted by molar-refractivity contribution is 5.89. The van der Waals surface area contributed by atoms with Crippen LogP contribution in [0.3, 0.4) is 0 Å². The van der Waals surface area contributed by atoms with E-state index in [0.29, 0.717) is 0 Å². The Morgan fingerprint density at radius 1 is 1.17 bits per heavy atom. The monoisotopic (exact) mass is 310 g/mol. The molecule has 6 nitrogen and oxygen atoms in total. The van der Waals surface area contributed by atoms with Crippen molar-refractivity contribution in [2.75, 3.05) is 0 Å². The van der Waals surface area contributed by atoms with Crippen LogP contribution in [0.4, 0.5) is 5.69 Å². The van der Waals surface area contributed by atoms with Gasteiger partial charge in [0, 0.05) is 12.1 Å². The van der Waals surface area contributed by atoms with Gasteiger partial charge in [0.2, 0.25) is 0 Å². The topological polar surface area (TPSA) is 93.2 Å². The van der Waals surface area contributed by atoms with Crippen molar-refractivity contribution in [2.45, 2.75) is 13.0 Å². The number of carbonyl (C=O) groups is 1. The first-order chi connectivity index (χ1) is 11.0. The van der Waals surface area contributed by atoms with Crippen LogP contribution in [0, 0.1) is 27.4 Å². The van der Waals surface area contributed by atoms with E-state index in [1.165, 1.54) is 24.3 Å². The van der Waals surface area contributed by atoms with Gasteiger partial charge in [-0.3, -0.25) is 10.1 Å². The van der Waals surface area contributed by atoms with E-state index in [-0.39, 0.29) is 11.3 Å². The van der Waals surface area contributed by atoms with Crippen LogP contribution >= 0.6 is 0 Å². The first kappa shape index (κ1) is 16.2. The normalized spacial score (nSPS) is 12.7. The zero-order chi connectivity index (χ0) is 16.8. The zero-order valence-corrected chi connectivity index (χ0v) is 12.4. The van der Waals surface area contributed by atoms with Crippen LogP contribution < -0.4 is 0 Å². The van der Waals surface area contributed by atoms with Crippen LogP contribution in [-0.2, 0) is 4.74 Å². The number of hydrogen-bond donors (Lipinski definition) is 0. The van der Waals surface area contributed by atoms with E-state index in [9.17, 15) is 14.9 Å². The molecule has 0 bridgehead atoms. The molecule has 0 heterocycles. The summed E-state index contributed by atoms with van der Waals surface area (Å²) in [6.07, 6.45) is -0.705. The Kier molecular flexibility index (Phi) is 5.05. The number of nitro groups is 1. The molecule has 0 N–H and O–H groups in total. The van der Waals surface area contributed by atoms with Crippen molar-refractivity contribution >= 4 is 11.7 Å². The van der Waals surface area contributed by atoms with Crippen LogP contribution in [0.1, 0.15) is 28.9 Å². The molecule has 0 fully saturated rings. The Labute approximate surface area is 133 Å². The van der Waals surface area contributed by atoms with Crippen molar-refractivity contribution in [3.05, 3.63) is 75.8 Å². The predicted octanol–water partition coefficient (Wildman–Crippen LogP) is 3.65. The molecule has 0 radical (unpaired) electrons. The smallest absolute Gasteiger partial charge is 0.338 e. The zero-order valence-electron chi connectivity index (χ0n) is 12.4.